The second-order valence-electron chi connectivity index (χ2n) is 3.19. The Morgan fingerprint density at radius 3 is 2.31 bits per heavy atom. The molecule has 0 saturated heterocycles. The molecule has 0 aliphatic rings. The Balaban J connectivity index is 3.46. The van der Waals surface area contributed by atoms with Crippen molar-refractivity contribution in [3.05, 3.63) is 17.2 Å². The monoisotopic (exact) mass is 225 g/mol. The molecule has 1 aromatic carbocycles. The zero-order valence-electron chi connectivity index (χ0n) is 9.79. The summed E-state index contributed by atoms with van der Waals surface area (Å²) in [5, 5.41) is 0. The maximum absolute atomic E-state index is 11.5. The van der Waals surface area contributed by atoms with Gasteiger partial charge < -0.3 is 19.9 Å². The maximum atomic E-state index is 11.5. The molecule has 1 rings (SSSR count). The summed E-state index contributed by atoms with van der Waals surface area (Å²) in [6.07, 6.45) is 0. The Hall–Kier alpha value is -1.91. The van der Waals surface area contributed by atoms with Gasteiger partial charge in [0.2, 0.25) is 0 Å². The lowest BCUT2D eigenvalue weighted by Gasteiger charge is -2.15. The highest BCUT2D eigenvalue weighted by Crippen LogP contribution is 2.36. The van der Waals surface area contributed by atoms with Gasteiger partial charge in [0.25, 0.3) is 0 Å². The summed E-state index contributed by atoms with van der Waals surface area (Å²) in [5.74, 6) is 0.484. The van der Waals surface area contributed by atoms with Gasteiger partial charge in [-0.3, -0.25) is 0 Å². The van der Waals surface area contributed by atoms with Crippen molar-refractivity contribution < 1.29 is 19.0 Å². The fraction of sp³-hybridized carbons (Fsp3) is 0.364. The van der Waals surface area contributed by atoms with Crippen molar-refractivity contribution in [2.24, 2.45) is 0 Å². The molecule has 5 heteroatoms. The summed E-state index contributed by atoms with van der Waals surface area (Å²) in [5.41, 5.74) is 6.98. The van der Waals surface area contributed by atoms with Crippen LogP contribution in [0.2, 0.25) is 0 Å². The summed E-state index contributed by atoms with van der Waals surface area (Å²) < 4.78 is 14.9. The van der Waals surface area contributed by atoms with E-state index in [4.69, 9.17) is 15.2 Å². The number of methoxy groups -OCH3 is 3. The van der Waals surface area contributed by atoms with E-state index in [1.807, 2.05) is 0 Å². The molecule has 0 aromatic heterocycles. The molecule has 0 saturated carbocycles. The molecule has 88 valence electrons. The highest BCUT2D eigenvalue weighted by molar-refractivity contribution is 5.98. The normalized spacial score (nSPS) is 9.75. The number of esters is 1. The number of nitrogens with two attached hydrogens (primary N) is 1. The maximum Gasteiger partial charge on any atom is 0.340 e. The van der Waals surface area contributed by atoms with Crippen molar-refractivity contribution in [2.75, 3.05) is 27.1 Å². The number of carbonyl (C=O) groups is 1. The number of rotatable bonds is 3. The van der Waals surface area contributed by atoms with E-state index < -0.39 is 5.97 Å². The van der Waals surface area contributed by atoms with Crippen LogP contribution in [0, 0.1) is 6.92 Å². The average Bonchev–Trinajstić information content (AvgIpc) is 2.27. The van der Waals surface area contributed by atoms with Crippen LogP contribution in [0.4, 0.5) is 5.69 Å². The van der Waals surface area contributed by atoms with Gasteiger partial charge in [0.05, 0.1) is 32.6 Å². The molecular weight excluding hydrogens is 210 g/mol. The summed E-state index contributed by atoms with van der Waals surface area (Å²) in [7, 11) is 4.31. The molecule has 0 bridgehead atoms. The Labute approximate surface area is 94.1 Å². The SMILES string of the molecule is COC(=O)c1c(N)cc(OC)c(OC)c1C. The van der Waals surface area contributed by atoms with Crippen LogP contribution in [-0.2, 0) is 4.74 Å². The first-order chi connectivity index (χ1) is 7.56. The van der Waals surface area contributed by atoms with Crippen molar-refractivity contribution in [1.29, 1.82) is 0 Å². The molecule has 0 heterocycles. The van der Waals surface area contributed by atoms with Crippen molar-refractivity contribution in [3.63, 3.8) is 0 Å². The molecule has 2 N–H and O–H groups in total. The number of anilines is 1. The van der Waals surface area contributed by atoms with Gasteiger partial charge in [0.15, 0.2) is 11.5 Å². The molecule has 0 atom stereocenters. The lowest BCUT2D eigenvalue weighted by Crippen LogP contribution is -2.10. The van der Waals surface area contributed by atoms with Crippen LogP contribution in [0.1, 0.15) is 15.9 Å². The number of ether oxygens (including phenoxy) is 3. The van der Waals surface area contributed by atoms with Gasteiger partial charge in [-0.2, -0.15) is 0 Å². The number of nitrogen functional groups attached to an aromatic ring is 1. The third-order valence-corrected chi connectivity index (χ3v) is 2.33. The van der Waals surface area contributed by atoms with E-state index in [-0.39, 0.29) is 0 Å². The third-order valence-electron chi connectivity index (χ3n) is 2.33. The van der Waals surface area contributed by atoms with Crippen LogP contribution in [0.25, 0.3) is 0 Å². The van der Waals surface area contributed by atoms with E-state index >= 15 is 0 Å². The van der Waals surface area contributed by atoms with Crippen LogP contribution < -0.4 is 15.2 Å². The average molecular weight is 225 g/mol. The van der Waals surface area contributed by atoms with Gasteiger partial charge in [-0.05, 0) is 6.92 Å². The minimum absolute atomic E-state index is 0.306. The molecule has 1 aromatic rings. The zero-order chi connectivity index (χ0) is 12.3. The first-order valence-electron chi connectivity index (χ1n) is 4.66. The largest absolute Gasteiger partial charge is 0.493 e. The van der Waals surface area contributed by atoms with E-state index in [2.05, 4.69) is 4.74 Å². The number of carbonyl (C=O) groups excluding carboxylic acids is 1. The molecular formula is C11H15NO4. The fourth-order valence-corrected chi connectivity index (χ4v) is 1.57. The minimum Gasteiger partial charge on any atom is -0.493 e. The first-order valence-corrected chi connectivity index (χ1v) is 4.66. The van der Waals surface area contributed by atoms with Crippen molar-refractivity contribution in [1.82, 2.24) is 0 Å². The third kappa shape index (κ3) is 1.88. The van der Waals surface area contributed by atoms with Crippen LogP contribution in [-0.4, -0.2) is 27.3 Å². The highest BCUT2D eigenvalue weighted by atomic mass is 16.5. The molecule has 0 aliphatic carbocycles. The van der Waals surface area contributed by atoms with E-state index in [1.54, 1.807) is 6.92 Å². The standard InChI is InChI=1S/C11H15NO4/c1-6-9(11(13)16-4)7(12)5-8(14-2)10(6)15-3/h5H,12H2,1-4H3. The van der Waals surface area contributed by atoms with Gasteiger partial charge in [0.1, 0.15) is 0 Å². The minimum atomic E-state index is -0.490. The summed E-state index contributed by atoms with van der Waals surface area (Å²) in [6.45, 7) is 1.73. The molecule has 0 spiro atoms. The Kier molecular flexibility index (Phi) is 3.60. The highest BCUT2D eigenvalue weighted by Gasteiger charge is 2.20. The van der Waals surface area contributed by atoms with E-state index in [9.17, 15) is 4.79 Å². The fourth-order valence-electron chi connectivity index (χ4n) is 1.57. The molecule has 16 heavy (non-hydrogen) atoms. The quantitative estimate of drug-likeness (QED) is 0.621. The number of benzene rings is 1. The summed E-state index contributed by atoms with van der Waals surface area (Å²) in [4.78, 5) is 11.5. The predicted octanol–water partition coefficient (Wildman–Crippen LogP) is 1.38. The first kappa shape index (κ1) is 12.2. The van der Waals surface area contributed by atoms with Crippen molar-refractivity contribution in [3.8, 4) is 11.5 Å². The van der Waals surface area contributed by atoms with Gasteiger partial charge in [-0.1, -0.05) is 0 Å². The predicted molar refractivity (Wildman–Crippen MR) is 60.0 cm³/mol. The summed E-state index contributed by atoms with van der Waals surface area (Å²) in [6, 6.07) is 1.54. The van der Waals surface area contributed by atoms with Crippen LogP contribution >= 0.6 is 0 Å². The molecule has 0 amide bonds. The Bertz CT molecular complexity index is 415. The Morgan fingerprint density at radius 1 is 1.25 bits per heavy atom. The van der Waals surface area contributed by atoms with Gasteiger partial charge in [-0.25, -0.2) is 4.79 Å². The number of hydrogen-bond acceptors (Lipinski definition) is 5. The lowest BCUT2D eigenvalue weighted by atomic mass is 10.0. The lowest BCUT2D eigenvalue weighted by molar-refractivity contribution is 0.0600. The van der Waals surface area contributed by atoms with Crippen LogP contribution in [0.5, 0.6) is 11.5 Å². The second-order valence-corrected chi connectivity index (χ2v) is 3.19. The second kappa shape index (κ2) is 4.74. The summed E-state index contributed by atoms with van der Waals surface area (Å²) >= 11 is 0. The van der Waals surface area contributed by atoms with Gasteiger partial charge >= 0.3 is 5.97 Å². The topological polar surface area (TPSA) is 70.8 Å². The van der Waals surface area contributed by atoms with Gasteiger partial charge in [-0.15, -0.1) is 0 Å². The van der Waals surface area contributed by atoms with Crippen molar-refractivity contribution >= 4 is 11.7 Å². The van der Waals surface area contributed by atoms with Gasteiger partial charge in [0, 0.05) is 11.6 Å². The molecule has 0 radical (unpaired) electrons. The molecule has 5 nitrogen and oxygen atoms in total. The molecule has 0 unspecified atom stereocenters. The van der Waals surface area contributed by atoms with Crippen LogP contribution in [0.15, 0.2) is 6.07 Å². The molecule has 0 aliphatic heterocycles. The van der Waals surface area contributed by atoms with E-state index in [1.165, 1.54) is 27.4 Å². The molecule has 0 fully saturated rings. The number of hydrogen-bond donors (Lipinski definition) is 1. The van der Waals surface area contributed by atoms with E-state index in [0.717, 1.165) is 0 Å². The van der Waals surface area contributed by atoms with E-state index in [0.29, 0.717) is 28.3 Å². The smallest absolute Gasteiger partial charge is 0.340 e. The van der Waals surface area contributed by atoms with Crippen molar-refractivity contribution in [2.45, 2.75) is 6.92 Å². The zero-order valence-corrected chi connectivity index (χ0v) is 9.79. The van der Waals surface area contributed by atoms with Crippen LogP contribution in [0.3, 0.4) is 0 Å². The Morgan fingerprint density at radius 2 is 1.88 bits per heavy atom.